The van der Waals surface area contributed by atoms with Crippen LogP contribution in [0.1, 0.15) is 35.1 Å². The fraction of sp³-hybridized carbons (Fsp3) is 0.0682. The van der Waals surface area contributed by atoms with Crippen LogP contribution in [-0.4, -0.2) is 4.98 Å². The van der Waals surface area contributed by atoms with Gasteiger partial charge in [-0.1, -0.05) is 127 Å². The van der Waals surface area contributed by atoms with Crippen LogP contribution in [0.5, 0.6) is 0 Å². The molecule has 0 saturated heterocycles. The summed E-state index contributed by atoms with van der Waals surface area (Å²) in [6, 6.07) is 47.5. The maximum atomic E-state index is 4.61. The molecule has 216 valence electrons. The highest BCUT2D eigenvalue weighted by molar-refractivity contribution is 9.10. The van der Waals surface area contributed by atoms with Crippen molar-refractivity contribution in [3.8, 4) is 33.4 Å². The Morgan fingerprint density at radius 2 is 1.04 bits per heavy atom. The predicted molar refractivity (Wildman–Crippen MR) is 195 cm³/mol. The van der Waals surface area contributed by atoms with Gasteiger partial charge in [0.25, 0.3) is 0 Å². The monoisotopic (exact) mass is 649 g/mol. The summed E-state index contributed by atoms with van der Waals surface area (Å²) in [6.45, 7) is 0. The van der Waals surface area contributed by atoms with Crippen LogP contribution < -0.4 is 0 Å². The minimum absolute atomic E-state index is 0.320. The lowest BCUT2D eigenvalue weighted by atomic mass is 9.69. The van der Waals surface area contributed by atoms with Gasteiger partial charge in [0.2, 0.25) is 0 Å². The summed E-state index contributed by atoms with van der Waals surface area (Å²) in [7, 11) is 0. The van der Waals surface area contributed by atoms with Crippen LogP contribution >= 0.6 is 15.9 Å². The molecule has 6 aromatic carbocycles. The molecule has 0 radical (unpaired) electrons. The van der Waals surface area contributed by atoms with Gasteiger partial charge in [0, 0.05) is 11.8 Å². The van der Waals surface area contributed by atoms with Gasteiger partial charge >= 0.3 is 0 Å². The van der Waals surface area contributed by atoms with Crippen molar-refractivity contribution in [3.63, 3.8) is 0 Å². The fourth-order valence-corrected chi connectivity index (χ4v) is 9.00. The standard InChI is InChI=1S/C44H28BrN/c45-41-24-22-28(26-46-41)43-35-16-3-1-14-33(35)42(34-15-2-4-17-36(34)43)27-21-23-32-31-13-7-10-20-39(31)44(40(32)25-27)37-18-8-5-11-29(37)30-12-6-9-19-38(30)44/h1-5,7-8,10-26H,6,9H2. The number of nitrogens with zero attached hydrogens (tertiary/aromatic N) is 1. The second-order valence-electron chi connectivity index (χ2n) is 12.6. The van der Waals surface area contributed by atoms with E-state index < -0.39 is 0 Å². The van der Waals surface area contributed by atoms with Crippen LogP contribution in [0, 0.1) is 0 Å². The molecule has 1 heterocycles. The van der Waals surface area contributed by atoms with Crippen LogP contribution in [0.25, 0.3) is 60.5 Å². The zero-order chi connectivity index (χ0) is 30.4. The second-order valence-corrected chi connectivity index (χ2v) is 13.4. The third kappa shape index (κ3) is 3.37. The average molecular weight is 651 g/mol. The first-order chi connectivity index (χ1) is 22.7. The van der Waals surface area contributed by atoms with Crippen molar-refractivity contribution >= 4 is 43.0 Å². The maximum Gasteiger partial charge on any atom is 0.106 e. The summed E-state index contributed by atoms with van der Waals surface area (Å²) < 4.78 is 0.842. The van der Waals surface area contributed by atoms with Crippen LogP contribution in [-0.2, 0) is 5.41 Å². The van der Waals surface area contributed by atoms with Gasteiger partial charge in [-0.15, -0.1) is 0 Å². The summed E-state index contributed by atoms with van der Waals surface area (Å²) in [5.74, 6) is 0. The lowest BCUT2D eigenvalue weighted by molar-refractivity contribution is 0.782. The Morgan fingerprint density at radius 3 is 1.72 bits per heavy atom. The first-order valence-electron chi connectivity index (χ1n) is 16.1. The van der Waals surface area contributed by atoms with Crippen LogP contribution in [0.3, 0.4) is 0 Å². The summed E-state index contributed by atoms with van der Waals surface area (Å²) in [4.78, 5) is 4.61. The van der Waals surface area contributed by atoms with Gasteiger partial charge in [0.1, 0.15) is 4.60 Å². The number of aromatic nitrogens is 1. The number of hydrogen-bond acceptors (Lipinski definition) is 1. The second kappa shape index (κ2) is 9.72. The van der Waals surface area contributed by atoms with E-state index in [1.807, 2.05) is 12.3 Å². The number of rotatable bonds is 2. The topological polar surface area (TPSA) is 12.9 Å². The molecule has 0 saturated carbocycles. The molecule has 0 N–H and O–H groups in total. The van der Waals surface area contributed by atoms with E-state index in [0.717, 1.165) is 23.0 Å². The molecule has 1 unspecified atom stereocenters. The van der Waals surface area contributed by atoms with Gasteiger partial charge in [-0.05, 0) is 124 Å². The maximum absolute atomic E-state index is 4.61. The molecule has 3 aliphatic carbocycles. The number of benzene rings is 6. The molecule has 0 amide bonds. The van der Waals surface area contributed by atoms with Crippen molar-refractivity contribution < 1.29 is 0 Å². The molecule has 0 aliphatic heterocycles. The van der Waals surface area contributed by atoms with E-state index in [1.165, 1.54) is 82.8 Å². The third-order valence-corrected chi connectivity index (χ3v) is 10.9. The highest BCUT2D eigenvalue weighted by Crippen LogP contribution is 2.64. The summed E-state index contributed by atoms with van der Waals surface area (Å²) in [6.07, 6.45) is 9.15. The van der Waals surface area contributed by atoms with E-state index >= 15 is 0 Å². The minimum Gasteiger partial charge on any atom is -0.249 e. The van der Waals surface area contributed by atoms with Crippen molar-refractivity contribution in [1.82, 2.24) is 4.98 Å². The zero-order valence-corrected chi connectivity index (χ0v) is 26.7. The largest absolute Gasteiger partial charge is 0.249 e. The highest BCUT2D eigenvalue weighted by Gasteiger charge is 2.53. The van der Waals surface area contributed by atoms with Gasteiger partial charge in [0.05, 0.1) is 5.41 Å². The van der Waals surface area contributed by atoms with Gasteiger partial charge in [0.15, 0.2) is 0 Å². The van der Waals surface area contributed by atoms with Gasteiger partial charge in [-0.3, -0.25) is 0 Å². The number of allylic oxidation sites excluding steroid dienone is 4. The molecule has 7 aromatic rings. The first kappa shape index (κ1) is 26.2. The summed E-state index contributed by atoms with van der Waals surface area (Å²) >= 11 is 3.53. The molecule has 10 rings (SSSR count). The Balaban J connectivity index is 1.31. The Hall–Kier alpha value is -5.05. The normalized spacial score (nSPS) is 17.4. The van der Waals surface area contributed by atoms with Crippen molar-refractivity contribution in [1.29, 1.82) is 0 Å². The molecule has 0 fully saturated rings. The quantitative estimate of drug-likeness (QED) is 0.134. The van der Waals surface area contributed by atoms with E-state index in [2.05, 4.69) is 154 Å². The van der Waals surface area contributed by atoms with Crippen molar-refractivity contribution in [2.75, 3.05) is 0 Å². The van der Waals surface area contributed by atoms with Crippen LogP contribution in [0.4, 0.5) is 0 Å². The number of halogens is 1. The van der Waals surface area contributed by atoms with Crippen molar-refractivity contribution in [2.45, 2.75) is 18.3 Å². The van der Waals surface area contributed by atoms with E-state index in [4.69, 9.17) is 0 Å². The minimum atomic E-state index is -0.320. The molecule has 1 nitrogen and oxygen atoms in total. The van der Waals surface area contributed by atoms with Gasteiger partial charge in [-0.2, -0.15) is 0 Å². The highest BCUT2D eigenvalue weighted by atomic mass is 79.9. The van der Waals surface area contributed by atoms with Crippen LogP contribution in [0.2, 0.25) is 0 Å². The number of fused-ring (bicyclic) bond motifs is 12. The molecular formula is C44H28BrN. The van der Waals surface area contributed by atoms with Gasteiger partial charge < -0.3 is 0 Å². The Kier molecular flexibility index (Phi) is 5.54. The number of hydrogen-bond donors (Lipinski definition) is 0. The Bertz CT molecular complexity index is 2430. The predicted octanol–water partition coefficient (Wildman–Crippen LogP) is 11.9. The average Bonchev–Trinajstić information content (AvgIpc) is 3.58. The molecule has 2 heteroatoms. The first-order valence-corrected chi connectivity index (χ1v) is 16.9. The SMILES string of the molecule is Brc1ccc(-c2c3ccccc3c(-c3ccc4c(c3)C3(C5=CCCC=C5c5ccccc53)c3ccccc3-4)c3ccccc23)cn1. The smallest absolute Gasteiger partial charge is 0.106 e. The fourth-order valence-electron chi connectivity index (χ4n) is 8.76. The van der Waals surface area contributed by atoms with Crippen molar-refractivity contribution in [2.24, 2.45) is 0 Å². The van der Waals surface area contributed by atoms with Crippen molar-refractivity contribution in [3.05, 3.63) is 178 Å². The van der Waals surface area contributed by atoms with E-state index in [0.29, 0.717) is 0 Å². The Morgan fingerprint density at radius 1 is 0.500 bits per heavy atom. The number of pyridine rings is 1. The molecule has 0 bridgehead atoms. The van der Waals surface area contributed by atoms with Crippen LogP contribution in [0.15, 0.2) is 156 Å². The zero-order valence-electron chi connectivity index (χ0n) is 25.1. The molecular weight excluding hydrogens is 622 g/mol. The molecule has 3 aliphatic rings. The van der Waals surface area contributed by atoms with E-state index in [9.17, 15) is 0 Å². The molecule has 1 aromatic heterocycles. The molecule has 1 atom stereocenters. The Labute approximate surface area is 276 Å². The summed E-state index contributed by atoms with van der Waals surface area (Å²) in [5.41, 5.74) is 15.7. The lowest BCUT2D eigenvalue weighted by Gasteiger charge is -2.32. The lowest BCUT2D eigenvalue weighted by Crippen LogP contribution is -2.26. The van der Waals surface area contributed by atoms with E-state index in [-0.39, 0.29) is 5.41 Å². The molecule has 46 heavy (non-hydrogen) atoms. The molecule has 1 spiro atoms. The van der Waals surface area contributed by atoms with Gasteiger partial charge in [-0.25, -0.2) is 4.98 Å². The third-order valence-electron chi connectivity index (χ3n) is 10.5. The van der Waals surface area contributed by atoms with E-state index in [1.54, 1.807) is 0 Å². The summed E-state index contributed by atoms with van der Waals surface area (Å²) in [5, 5.41) is 5.00.